The summed E-state index contributed by atoms with van der Waals surface area (Å²) < 4.78 is 13.1. The molecule has 1 saturated carbocycles. The second-order valence-electron chi connectivity index (χ2n) is 8.18. The smallest absolute Gasteiger partial charge is 0.139 e. The molecule has 26 heavy (non-hydrogen) atoms. The number of anilines is 2. The van der Waals surface area contributed by atoms with Crippen LogP contribution in [-0.2, 0) is 11.8 Å². The van der Waals surface area contributed by atoms with Crippen LogP contribution in [0.3, 0.4) is 0 Å². The normalized spacial score (nSPS) is 29.6. The number of hydrogen-bond acceptors (Lipinski definition) is 3. The van der Waals surface area contributed by atoms with Gasteiger partial charge in [0.05, 0.1) is 5.69 Å². The van der Waals surface area contributed by atoms with E-state index >= 15 is 0 Å². The quantitative estimate of drug-likeness (QED) is 0.691. The fraction of sp³-hybridized carbons (Fsp3) is 0.455. The van der Waals surface area contributed by atoms with E-state index < -0.39 is 0 Å². The number of rotatable bonds is 2. The Morgan fingerprint density at radius 2 is 1.96 bits per heavy atom. The van der Waals surface area contributed by atoms with Crippen LogP contribution in [0.5, 0.6) is 5.75 Å². The molecule has 3 aliphatic rings. The van der Waals surface area contributed by atoms with Gasteiger partial charge in [-0.05, 0) is 85.7 Å². The Balaban J connectivity index is 1.55. The van der Waals surface area contributed by atoms with Gasteiger partial charge < -0.3 is 15.7 Å². The van der Waals surface area contributed by atoms with Crippen molar-refractivity contribution >= 4 is 11.4 Å². The lowest BCUT2D eigenvalue weighted by atomic mass is 9.53. The number of nitrogens with one attached hydrogen (secondary N) is 2. The monoisotopic (exact) mass is 352 g/mol. The van der Waals surface area contributed by atoms with Gasteiger partial charge in [0.15, 0.2) is 0 Å². The number of phenols is 1. The highest BCUT2D eigenvalue weighted by molar-refractivity contribution is 5.69. The van der Waals surface area contributed by atoms with Gasteiger partial charge in [-0.2, -0.15) is 0 Å². The third-order valence-corrected chi connectivity index (χ3v) is 6.88. The van der Waals surface area contributed by atoms with Gasteiger partial charge in [-0.15, -0.1) is 0 Å². The lowest BCUT2D eigenvalue weighted by molar-refractivity contribution is 0.0796. The Kier molecular flexibility index (Phi) is 3.71. The SMILES string of the molecule is Oc1cc2c(cc1Nc1ccc(F)cc1)C[C@@H]1NCC[C@]23CCCC[C@H]13. The van der Waals surface area contributed by atoms with Gasteiger partial charge in [-0.1, -0.05) is 12.8 Å². The number of piperidine rings is 1. The summed E-state index contributed by atoms with van der Waals surface area (Å²) in [5, 5.41) is 17.7. The molecule has 0 unspecified atom stereocenters. The summed E-state index contributed by atoms with van der Waals surface area (Å²) >= 11 is 0. The predicted octanol–water partition coefficient (Wildman–Crippen LogP) is 4.62. The third kappa shape index (κ3) is 2.43. The van der Waals surface area contributed by atoms with E-state index in [4.69, 9.17) is 0 Å². The van der Waals surface area contributed by atoms with Crippen molar-refractivity contribution in [3.8, 4) is 5.75 Å². The van der Waals surface area contributed by atoms with E-state index in [2.05, 4.69) is 16.7 Å². The summed E-state index contributed by atoms with van der Waals surface area (Å²) in [5.41, 5.74) is 4.46. The Hall–Kier alpha value is -2.07. The van der Waals surface area contributed by atoms with E-state index in [1.165, 1.54) is 55.4 Å². The zero-order valence-corrected chi connectivity index (χ0v) is 14.9. The predicted molar refractivity (Wildman–Crippen MR) is 102 cm³/mol. The fourth-order valence-corrected chi connectivity index (χ4v) is 5.76. The van der Waals surface area contributed by atoms with Crippen LogP contribution in [0.1, 0.15) is 43.2 Å². The molecular formula is C22H25FN2O. The molecule has 2 aromatic rings. The largest absolute Gasteiger partial charge is 0.506 e. The number of phenolic OH excluding ortho intramolecular Hbond substituents is 1. The molecule has 2 aromatic carbocycles. The number of hydrogen-bond donors (Lipinski definition) is 3. The first kappa shape index (κ1) is 16.1. The number of fused-ring (bicyclic) bond motifs is 1. The first-order valence-electron chi connectivity index (χ1n) is 9.78. The number of halogens is 1. The first-order chi connectivity index (χ1) is 12.7. The van der Waals surface area contributed by atoms with Gasteiger partial charge in [0.25, 0.3) is 0 Å². The van der Waals surface area contributed by atoms with Crippen molar-refractivity contribution in [2.45, 2.75) is 50.0 Å². The zero-order valence-electron chi connectivity index (χ0n) is 14.9. The molecule has 5 rings (SSSR count). The van der Waals surface area contributed by atoms with Gasteiger partial charge in [-0.3, -0.25) is 0 Å². The van der Waals surface area contributed by atoms with Gasteiger partial charge in [0.2, 0.25) is 0 Å². The molecule has 0 spiro atoms. The Bertz CT molecular complexity index is 831. The molecule has 0 amide bonds. The van der Waals surface area contributed by atoms with Crippen LogP contribution in [-0.4, -0.2) is 17.7 Å². The molecule has 1 aliphatic heterocycles. The molecular weight excluding hydrogens is 327 g/mol. The fourth-order valence-electron chi connectivity index (χ4n) is 5.76. The summed E-state index contributed by atoms with van der Waals surface area (Å²) in [6.07, 6.45) is 7.36. The van der Waals surface area contributed by atoms with E-state index in [-0.39, 0.29) is 11.2 Å². The standard InChI is InChI=1S/C22H25FN2O/c23-15-4-6-16(7-5-15)25-20-12-14-11-19-17-3-1-2-8-22(17,9-10-24-19)18(14)13-21(20)26/h4-7,12-13,17,19,24-26H,1-3,8-11H2/t17-,19+,22+/m1/s1. The van der Waals surface area contributed by atoms with E-state index in [1.54, 1.807) is 12.1 Å². The van der Waals surface area contributed by atoms with Crippen LogP contribution in [0, 0.1) is 11.7 Å². The molecule has 3 N–H and O–H groups in total. The molecule has 0 radical (unpaired) electrons. The molecule has 1 heterocycles. The Labute approximate surface area is 153 Å². The van der Waals surface area contributed by atoms with Gasteiger partial charge >= 0.3 is 0 Å². The minimum atomic E-state index is -0.258. The van der Waals surface area contributed by atoms with Crippen LogP contribution >= 0.6 is 0 Å². The summed E-state index contributed by atoms with van der Waals surface area (Å²) in [4.78, 5) is 0. The zero-order chi connectivity index (χ0) is 17.7. The molecule has 4 heteroatoms. The molecule has 3 nitrogen and oxygen atoms in total. The highest BCUT2D eigenvalue weighted by Crippen LogP contribution is 2.55. The van der Waals surface area contributed by atoms with E-state index in [0.717, 1.165) is 18.7 Å². The van der Waals surface area contributed by atoms with Crippen LogP contribution in [0.4, 0.5) is 15.8 Å². The topological polar surface area (TPSA) is 44.3 Å². The van der Waals surface area contributed by atoms with Gasteiger partial charge in [0, 0.05) is 17.1 Å². The molecule has 2 bridgehead atoms. The average Bonchev–Trinajstić information content (AvgIpc) is 2.65. The second-order valence-corrected chi connectivity index (χ2v) is 8.18. The number of benzene rings is 2. The van der Waals surface area contributed by atoms with Crippen molar-refractivity contribution in [1.29, 1.82) is 0 Å². The Morgan fingerprint density at radius 3 is 2.81 bits per heavy atom. The highest BCUT2D eigenvalue weighted by Gasteiger charge is 2.51. The summed E-state index contributed by atoms with van der Waals surface area (Å²) in [6.45, 7) is 1.08. The van der Waals surface area contributed by atoms with Crippen molar-refractivity contribution in [1.82, 2.24) is 5.32 Å². The lowest BCUT2D eigenvalue weighted by Crippen LogP contribution is -2.59. The lowest BCUT2D eigenvalue weighted by Gasteiger charge is -2.56. The molecule has 3 atom stereocenters. The Morgan fingerprint density at radius 1 is 1.12 bits per heavy atom. The molecule has 2 fully saturated rings. The van der Waals surface area contributed by atoms with Crippen LogP contribution < -0.4 is 10.6 Å². The maximum absolute atomic E-state index is 13.1. The van der Waals surface area contributed by atoms with Crippen LogP contribution in [0.25, 0.3) is 0 Å². The summed E-state index contributed by atoms with van der Waals surface area (Å²) in [7, 11) is 0. The second kappa shape index (κ2) is 5.98. The minimum absolute atomic E-state index is 0.244. The molecule has 2 aliphatic carbocycles. The third-order valence-electron chi connectivity index (χ3n) is 6.88. The van der Waals surface area contributed by atoms with Crippen molar-refractivity contribution in [2.24, 2.45) is 5.92 Å². The van der Waals surface area contributed by atoms with E-state index in [0.29, 0.717) is 23.4 Å². The summed E-state index contributed by atoms with van der Waals surface area (Å²) in [6, 6.07) is 10.9. The van der Waals surface area contributed by atoms with Crippen molar-refractivity contribution in [2.75, 3.05) is 11.9 Å². The average molecular weight is 352 g/mol. The molecule has 0 aromatic heterocycles. The maximum atomic E-state index is 13.1. The van der Waals surface area contributed by atoms with Gasteiger partial charge in [0.1, 0.15) is 11.6 Å². The molecule has 1 saturated heterocycles. The van der Waals surface area contributed by atoms with Crippen molar-refractivity contribution in [3.05, 3.63) is 53.3 Å². The van der Waals surface area contributed by atoms with Crippen LogP contribution in [0.2, 0.25) is 0 Å². The highest BCUT2D eigenvalue weighted by atomic mass is 19.1. The minimum Gasteiger partial charge on any atom is -0.506 e. The summed E-state index contributed by atoms with van der Waals surface area (Å²) in [5.74, 6) is 0.739. The first-order valence-corrected chi connectivity index (χ1v) is 9.78. The van der Waals surface area contributed by atoms with Crippen molar-refractivity contribution in [3.63, 3.8) is 0 Å². The van der Waals surface area contributed by atoms with Crippen molar-refractivity contribution < 1.29 is 9.50 Å². The molecule has 136 valence electrons. The van der Waals surface area contributed by atoms with Gasteiger partial charge in [-0.25, -0.2) is 4.39 Å². The van der Waals surface area contributed by atoms with E-state index in [9.17, 15) is 9.50 Å². The van der Waals surface area contributed by atoms with Crippen LogP contribution in [0.15, 0.2) is 36.4 Å². The van der Waals surface area contributed by atoms with E-state index in [1.807, 2.05) is 6.07 Å². The number of aromatic hydroxyl groups is 1. The maximum Gasteiger partial charge on any atom is 0.139 e.